The van der Waals surface area contributed by atoms with Gasteiger partial charge in [-0.1, -0.05) is 23.7 Å². The molecule has 0 atom stereocenters. The number of hydrogen-bond donors (Lipinski definition) is 2. The van der Waals surface area contributed by atoms with Crippen LogP contribution in [-0.4, -0.2) is 13.4 Å². The Morgan fingerprint density at radius 3 is 2.36 bits per heavy atom. The zero-order chi connectivity index (χ0) is 17.7. The Bertz CT molecular complexity index is 946. The molecule has 3 rings (SSSR count). The van der Waals surface area contributed by atoms with E-state index in [0.29, 0.717) is 17.3 Å². The van der Waals surface area contributed by atoms with Crippen LogP contribution >= 0.6 is 11.6 Å². The highest BCUT2D eigenvalue weighted by atomic mass is 35.5. The van der Waals surface area contributed by atoms with E-state index in [1.54, 1.807) is 42.6 Å². The summed E-state index contributed by atoms with van der Waals surface area (Å²) in [6.07, 6.45) is 1.74. The lowest BCUT2D eigenvalue weighted by Crippen LogP contribution is -2.12. The van der Waals surface area contributed by atoms with E-state index in [2.05, 4.69) is 15.0 Å². The number of nitrogens with one attached hydrogen (secondary N) is 2. The fourth-order valence-corrected chi connectivity index (χ4v) is 3.56. The zero-order valence-electron chi connectivity index (χ0n) is 13.2. The summed E-state index contributed by atoms with van der Waals surface area (Å²) in [5.74, 6) is 0. The Hall–Kier alpha value is -2.57. The Kier molecular flexibility index (Phi) is 5.21. The number of nitrogens with zero attached hydrogens (tertiary/aromatic N) is 1. The molecule has 0 fully saturated rings. The van der Waals surface area contributed by atoms with E-state index in [0.717, 1.165) is 11.4 Å². The minimum atomic E-state index is -3.67. The highest BCUT2D eigenvalue weighted by molar-refractivity contribution is 7.92. The first-order valence-corrected chi connectivity index (χ1v) is 9.41. The van der Waals surface area contributed by atoms with Crippen LogP contribution in [0.3, 0.4) is 0 Å². The molecule has 0 bridgehead atoms. The summed E-state index contributed by atoms with van der Waals surface area (Å²) < 4.78 is 27.2. The molecule has 0 saturated carbocycles. The summed E-state index contributed by atoms with van der Waals surface area (Å²) in [6.45, 7) is 0.592. The summed E-state index contributed by atoms with van der Waals surface area (Å²) in [4.78, 5) is 4.36. The SMILES string of the molecule is O=S(=O)(Nc1ccc(NCc2ccccn2)cc1)c1cccc(Cl)c1. The number of halogens is 1. The van der Waals surface area contributed by atoms with Crippen molar-refractivity contribution >= 4 is 33.0 Å². The third-order valence-electron chi connectivity index (χ3n) is 3.44. The molecule has 1 aromatic heterocycles. The summed E-state index contributed by atoms with van der Waals surface area (Å²) in [5, 5.41) is 3.61. The minimum absolute atomic E-state index is 0.123. The molecule has 2 N–H and O–H groups in total. The fraction of sp³-hybridized carbons (Fsp3) is 0.0556. The lowest BCUT2D eigenvalue weighted by atomic mass is 10.3. The Labute approximate surface area is 151 Å². The van der Waals surface area contributed by atoms with Gasteiger partial charge in [0.2, 0.25) is 0 Å². The average molecular weight is 374 g/mol. The van der Waals surface area contributed by atoms with Crippen LogP contribution in [0.4, 0.5) is 11.4 Å². The van der Waals surface area contributed by atoms with E-state index in [4.69, 9.17) is 11.6 Å². The molecular weight excluding hydrogens is 358 g/mol. The van der Waals surface area contributed by atoms with Gasteiger partial charge in [0.1, 0.15) is 0 Å². The zero-order valence-corrected chi connectivity index (χ0v) is 14.8. The van der Waals surface area contributed by atoms with Crippen molar-refractivity contribution in [2.75, 3.05) is 10.0 Å². The third kappa shape index (κ3) is 4.71. The molecule has 0 radical (unpaired) electrons. The molecule has 0 unspecified atom stereocenters. The average Bonchev–Trinajstić information content (AvgIpc) is 2.62. The van der Waals surface area contributed by atoms with E-state index >= 15 is 0 Å². The number of hydrogen-bond acceptors (Lipinski definition) is 4. The van der Waals surface area contributed by atoms with Crippen molar-refractivity contribution in [2.24, 2.45) is 0 Å². The van der Waals surface area contributed by atoms with E-state index in [1.165, 1.54) is 12.1 Å². The molecule has 0 aliphatic rings. The second-order valence-corrected chi connectivity index (χ2v) is 7.43. The second kappa shape index (κ2) is 7.55. The van der Waals surface area contributed by atoms with Gasteiger partial charge in [-0.05, 0) is 54.6 Å². The summed E-state index contributed by atoms with van der Waals surface area (Å²) in [5.41, 5.74) is 2.27. The highest BCUT2D eigenvalue weighted by Gasteiger charge is 2.14. The predicted molar refractivity (Wildman–Crippen MR) is 100 cm³/mol. The van der Waals surface area contributed by atoms with Crippen LogP contribution in [0, 0.1) is 0 Å². The van der Waals surface area contributed by atoms with Gasteiger partial charge in [0, 0.05) is 22.6 Å². The van der Waals surface area contributed by atoms with Crippen molar-refractivity contribution in [3.05, 3.63) is 83.6 Å². The first-order valence-electron chi connectivity index (χ1n) is 7.55. The highest BCUT2D eigenvalue weighted by Crippen LogP contribution is 2.20. The van der Waals surface area contributed by atoms with Crippen molar-refractivity contribution in [1.82, 2.24) is 4.98 Å². The van der Waals surface area contributed by atoms with Gasteiger partial charge in [0.05, 0.1) is 17.1 Å². The molecule has 0 aliphatic carbocycles. The van der Waals surface area contributed by atoms with Crippen LogP contribution < -0.4 is 10.0 Å². The van der Waals surface area contributed by atoms with Crippen molar-refractivity contribution in [2.45, 2.75) is 11.4 Å². The third-order valence-corrected chi connectivity index (χ3v) is 5.06. The molecule has 128 valence electrons. The van der Waals surface area contributed by atoms with Gasteiger partial charge in [-0.3, -0.25) is 9.71 Å². The largest absolute Gasteiger partial charge is 0.379 e. The number of pyridine rings is 1. The molecule has 0 aliphatic heterocycles. The smallest absolute Gasteiger partial charge is 0.261 e. The van der Waals surface area contributed by atoms with Gasteiger partial charge in [0.25, 0.3) is 10.0 Å². The quantitative estimate of drug-likeness (QED) is 0.681. The van der Waals surface area contributed by atoms with E-state index < -0.39 is 10.0 Å². The van der Waals surface area contributed by atoms with Crippen LogP contribution in [0.5, 0.6) is 0 Å². The maximum Gasteiger partial charge on any atom is 0.261 e. The molecule has 3 aromatic rings. The van der Waals surface area contributed by atoms with Crippen molar-refractivity contribution < 1.29 is 8.42 Å². The molecule has 25 heavy (non-hydrogen) atoms. The standard InChI is InChI=1S/C18H16ClN3O2S/c19-14-4-3-6-18(12-14)25(23,24)22-16-9-7-15(8-10-16)21-13-17-5-1-2-11-20-17/h1-12,21-22H,13H2. The minimum Gasteiger partial charge on any atom is -0.379 e. The number of aromatic nitrogens is 1. The van der Waals surface area contributed by atoms with Gasteiger partial charge in [-0.15, -0.1) is 0 Å². The fourth-order valence-electron chi connectivity index (χ4n) is 2.20. The first kappa shape index (κ1) is 17.3. The molecule has 0 amide bonds. The normalized spacial score (nSPS) is 11.1. The molecule has 0 saturated heterocycles. The summed E-state index contributed by atoms with van der Waals surface area (Å²) in [6, 6.07) is 18.9. The number of sulfonamides is 1. The number of rotatable bonds is 6. The van der Waals surface area contributed by atoms with Crippen LogP contribution in [0.15, 0.2) is 77.8 Å². The Morgan fingerprint density at radius 2 is 1.68 bits per heavy atom. The molecule has 5 nitrogen and oxygen atoms in total. The molecule has 0 spiro atoms. The first-order chi connectivity index (χ1) is 12.0. The monoisotopic (exact) mass is 373 g/mol. The molecule has 2 aromatic carbocycles. The van der Waals surface area contributed by atoms with Crippen molar-refractivity contribution in [1.29, 1.82) is 0 Å². The van der Waals surface area contributed by atoms with E-state index in [1.807, 2.05) is 18.2 Å². The van der Waals surface area contributed by atoms with E-state index in [9.17, 15) is 8.42 Å². The second-order valence-electron chi connectivity index (χ2n) is 5.31. The topological polar surface area (TPSA) is 71.1 Å². The van der Waals surface area contributed by atoms with Crippen LogP contribution in [0.1, 0.15) is 5.69 Å². The van der Waals surface area contributed by atoms with Gasteiger partial charge in [-0.2, -0.15) is 0 Å². The van der Waals surface area contributed by atoms with Gasteiger partial charge >= 0.3 is 0 Å². The summed E-state index contributed by atoms with van der Waals surface area (Å²) in [7, 11) is -3.67. The van der Waals surface area contributed by atoms with Crippen LogP contribution in [0.2, 0.25) is 5.02 Å². The molecule has 1 heterocycles. The van der Waals surface area contributed by atoms with Gasteiger partial charge in [0.15, 0.2) is 0 Å². The molecular formula is C18H16ClN3O2S. The van der Waals surface area contributed by atoms with E-state index in [-0.39, 0.29) is 4.90 Å². The maximum absolute atomic E-state index is 12.4. The lowest BCUT2D eigenvalue weighted by molar-refractivity contribution is 0.601. The van der Waals surface area contributed by atoms with Crippen molar-refractivity contribution in [3.8, 4) is 0 Å². The molecule has 7 heteroatoms. The van der Waals surface area contributed by atoms with Crippen LogP contribution in [0.25, 0.3) is 0 Å². The maximum atomic E-state index is 12.4. The van der Waals surface area contributed by atoms with Gasteiger partial charge < -0.3 is 5.32 Å². The lowest BCUT2D eigenvalue weighted by Gasteiger charge is -2.10. The summed E-state index contributed by atoms with van der Waals surface area (Å²) >= 11 is 5.85. The predicted octanol–water partition coefficient (Wildman–Crippen LogP) is 4.15. The Morgan fingerprint density at radius 1 is 0.920 bits per heavy atom. The number of anilines is 2. The Balaban J connectivity index is 1.66. The number of benzene rings is 2. The van der Waals surface area contributed by atoms with Crippen LogP contribution in [-0.2, 0) is 16.6 Å². The van der Waals surface area contributed by atoms with Gasteiger partial charge in [-0.25, -0.2) is 8.42 Å². The van der Waals surface area contributed by atoms with Crippen molar-refractivity contribution in [3.63, 3.8) is 0 Å².